The van der Waals surface area contributed by atoms with Crippen LogP contribution < -0.4 is 4.74 Å². The molecule has 0 spiro atoms. The van der Waals surface area contributed by atoms with Crippen molar-refractivity contribution in [2.45, 2.75) is 0 Å². The van der Waals surface area contributed by atoms with Gasteiger partial charge >= 0.3 is 0 Å². The minimum Gasteiger partial charge on any atom is -0.497 e. The Balaban J connectivity index is 2.41. The van der Waals surface area contributed by atoms with Crippen molar-refractivity contribution in [2.75, 3.05) is 7.11 Å². The van der Waals surface area contributed by atoms with E-state index in [0.717, 1.165) is 17.0 Å². The van der Waals surface area contributed by atoms with Crippen LogP contribution in [0, 0.1) is 0 Å². The van der Waals surface area contributed by atoms with Crippen molar-refractivity contribution in [3.8, 4) is 17.0 Å². The summed E-state index contributed by atoms with van der Waals surface area (Å²) in [4.78, 5) is 4.22. The van der Waals surface area contributed by atoms with Crippen molar-refractivity contribution in [2.24, 2.45) is 0 Å². The summed E-state index contributed by atoms with van der Waals surface area (Å²) in [6.07, 6.45) is 0. The third-order valence-electron chi connectivity index (χ3n) is 1.80. The van der Waals surface area contributed by atoms with Gasteiger partial charge in [-0.05, 0) is 12.1 Å². The molecule has 0 amide bonds. The fourth-order valence-corrected chi connectivity index (χ4v) is 1.70. The summed E-state index contributed by atoms with van der Waals surface area (Å²) in [7, 11) is 1.67. The van der Waals surface area contributed by atoms with Gasteiger partial charge in [-0.2, -0.15) is 0 Å². The predicted octanol–water partition coefficient (Wildman–Crippen LogP) is 2.82. The smallest absolute Gasteiger partial charge is 0.119 e. The Hall–Kier alpha value is -1.35. The summed E-state index contributed by atoms with van der Waals surface area (Å²) < 4.78 is 5.13. The third-order valence-corrected chi connectivity index (χ3v) is 2.38. The van der Waals surface area contributed by atoms with Gasteiger partial charge in [0.05, 0.1) is 18.3 Å². The molecule has 2 rings (SSSR count). The molecule has 1 aromatic heterocycles. The second-order valence-electron chi connectivity index (χ2n) is 2.61. The molecule has 0 saturated carbocycles. The SMILES string of the molecule is COc1cccc(-c2cscn2)c1. The summed E-state index contributed by atoms with van der Waals surface area (Å²) in [5.41, 5.74) is 3.93. The molecule has 0 unspecified atom stereocenters. The predicted molar refractivity (Wildman–Crippen MR) is 54.1 cm³/mol. The van der Waals surface area contributed by atoms with Crippen LogP contribution in [0.5, 0.6) is 5.75 Å². The van der Waals surface area contributed by atoms with Crippen molar-refractivity contribution >= 4 is 11.3 Å². The second kappa shape index (κ2) is 3.58. The number of hydrogen-bond donors (Lipinski definition) is 0. The maximum absolute atomic E-state index is 5.13. The van der Waals surface area contributed by atoms with Gasteiger partial charge in [-0.1, -0.05) is 12.1 Å². The topological polar surface area (TPSA) is 22.1 Å². The van der Waals surface area contributed by atoms with E-state index in [1.807, 2.05) is 35.2 Å². The molecule has 0 radical (unpaired) electrons. The lowest BCUT2D eigenvalue weighted by Crippen LogP contribution is -1.83. The number of hydrogen-bond acceptors (Lipinski definition) is 3. The highest BCUT2D eigenvalue weighted by atomic mass is 32.1. The Labute approximate surface area is 80.8 Å². The average Bonchev–Trinajstić information content (AvgIpc) is 2.71. The number of benzene rings is 1. The Kier molecular flexibility index (Phi) is 2.27. The number of aromatic nitrogens is 1. The Morgan fingerprint density at radius 2 is 2.31 bits per heavy atom. The van der Waals surface area contributed by atoms with E-state index in [1.54, 1.807) is 18.4 Å². The lowest BCUT2D eigenvalue weighted by atomic mass is 10.2. The molecule has 0 saturated heterocycles. The van der Waals surface area contributed by atoms with Crippen LogP contribution in [0.4, 0.5) is 0 Å². The normalized spacial score (nSPS) is 9.92. The fraction of sp³-hybridized carbons (Fsp3) is 0.100. The number of methoxy groups -OCH3 is 1. The summed E-state index contributed by atoms with van der Waals surface area (Å²) in [6.45, 7) is 0. The molecule has 0 fully saturated rings. The van der Waals surface area contributed by atoms with Crippen LogP contribution in [0.2, 0.25) is 0 Å². The van der Waals surface area contributed by atoms with Crippen molar-refractivity contribution < 1.29 is 4.74 Å². The largest absolute Gasteiger partial charge is 0.497 e. The number of rotatable bonds is 2. The first-order chi connectivity index (χ1) is 6.40. The molecule has 0 aliphatic carbocycles. The molecular weight excluding hydrogens is 182 g/mol. The lowest BCUT2D eigenvalue weighted by Gasteiger charge is -2.00. The van der Waals surface area contributed by atoms with E-state index in [0.29, 0.717) is 0 Å². The zero-order chi connectivity index (χ0) is 9.10. The maximum atomic E-state index is 5.13. The van der Waals surface area contributed by atoms with Gasteiger partial charge < -0.3 is 4.74 Å². The van der Waals surface area contributed by atoms with Crippen LogP contribution in [-0.2, 0) is 0 Å². The Morgan fingerprint density at radius 3 is 3.00 bits per heavy atom. The summed E-state index contributed by atoms with van der Waals surface area (Å²) in [5.74, 6) is 0.866. The van der Waals surface area contributed by atoms with Gasteiger partial charge in [0.1, 0.15) is 5.75 Å². The van der Waals surface area contributed by atoms with Crippen LogP contribution in [0.25, 0.3) is 11.3 Å². The second-order valence-corrected chi connectivity index (χ2v) is 3.32. The molecule has 2 nitrogen and oxygen atoms in total. The van der Waals surface area contributed by atoms with Gasteiger partial charge in [0.2, 0.25) is 0 Å². The summed E-state index contributed by atoms with van der Waals surface area (Å²) in [6, 6.07) is 7.90. The molecule has 0 aliphatic rings. The minimum atomic E-state index is 0.866. The molecule has 0 bridgehead atoms. The van der Waals surface area contributed by atoms with Crippen LogP contribution in [-0.4, -0.2) is 12.1 Å². The summed E-state index contributed by atoms with van der Waals surface area (Å²) >= 11 is 1.60. The van der Waals surface area contributed by atoms with Crippen LogP contribution in [0.3, 0.4) is 0 Å². The van der Waals surface area contributed by atoms with Gasteiger partial charge in [0, 0.05) is 10.9 Å². The van der Waals surface area contributed by atoms with E-state index < -0.39 is 0 Å². The number of ether oxygens (including phenoxy) is 1. The monoisotopic (exact) mass is 191 g/mol. The van der Waals surface area contributed by atoms with E-state index >= 15 is 0 Å². The van der Waals surface area contributed by atoms with Crippen molar-refractivity contribution in [3.05, 3.63) is 35.2 Å². The number of nitrogens with zero attached hydrogens (tertiary/aromatic N) is 1. The van der Waals surface area contributed by atoms with Gasteiger partial charge in [-0.3, -0.25) is 0 Å². The van der Waals surface area contributed by atoms with Gasteiger partial charge in [0.15, 0.2) is 0 Å². The average molecular weight is 191 g/mol. The van der Waals surface area contributed by atoms with E-state index in [2.05, 4.69) is 4.98 Å². The van der Waals surface area contributed by atoms with E-state index in [1.165, 1.54) is 0 Å². The number of thiazole rings is 1. The van der Waals surface area contributed by atoms with Gasteiger partial charge in [-0.25, -0.2) is 4.98 Å². The van der Waals surface area contributed by atoms with Crippen LogP contribution >= 0.6 is 11.3 Å². The lowest BCUT2D eigenvalue weighted by molar-refractivity contribution is 0.415. The molecule has 0 N–H and O–H groups in total. The van der Waals surface area contributed by atoms with Crippen molar-refractivity contribution in [1.29, 1.82) is 0 Å². The van der Waals surface area contributed by atoms with E-state index in [-0.39, 0.29) is 0 Å². The molecule has 66 valence electrons. The summed E-state index contributed by atoms with van der Waals surface area (Å²) in [5, 5.41) is 2.02. The quantitative estimate of drug-likeness (QED) is 0.728. The molecule has 0 atom stereocenters. The standard InChI is InChI=1S/C10H9NOS/c1-12-9-4-2-3-8(5-9)10-6-13-7-11-10/h2-7H,1H3. The molecule has 1 heterocycles. The molecule has 3 heteroatoms. The van der Waals surface area contributed by atoms with E-state index in [9.17, 15) is 0 Å². The zero-order valence-corrected chi connectivity index (χ0v) is 8.04. The third kappa shape index (κ3) is 1.70. The van der Waals surface area contributed by atoms with E-state index in [4.69, 9.17) is 4.74 Å². The fourth-order valence-electron chi connectivity index (χ4n) is 1.14. The first-order valence-corrected chi connectivity index (χ1v) is 4.87. The molecule has 2 aromatic rings. The molecule has 0 aliphatic heterocycles. The van der Waals surface area contributed by atoms with Crippen LogP contribution in [0.1, 0.15) is 0 Å². The van der Waals surface area contributed by atoms with Crippen LogP contribution in [0.15, 0.2) is 35.2 Å². The van der Waals surface area contributed by atoms with Gasteiger partial charge in [0.25, 0.3) is 0 Å². The molecule has 13 heavy (non-hydrogen) atoms. The Bertz CT molecular complexity index is 384. The highest BCUT2D eigenvalue weighted by molar-refractivity contribution is 7.07. The van der Waals surface area contributed by atoms with Gasteiger partial charge in [-0.15, -0.1) is 11.3 Å². The molecular formula is C10H9NOS. The minimum absolute atomic E-state index is 0.866. The first kappa shape index (κ1) is 8.26. The zero-order valence-electron chi connectivity index (χ0n) is 7.23. The maximum Gasteiger partial charge on any atom is 0.119 e. The highest BCUT2D eigenvalue weighted by Gasteiger charge is 1.99. The highest BCUT2D eigenvalue weighted by Crippen LogP contribution is 2.22. The van der Waals surface area contributed by atoms with Crippen molar-refractivity contribution in [3.63, 3.8) is 0 Å². The Morgan fingerprint density at radius 1 is 1.38 bits per heavy atom. The first-order valence-electron chi connectivity index (χ1n) is 3.93. The van der Waals surface area contributed by atoms with Crippen molar-refractivity contribution in [1.82, 2.24) is 4.98 Å². The molecule has 1 aromatic carbocycles.